The summed E-state index contributed by atoms with van der Waals surface area (Å²) in [5.41, 5.74) is 22.6. The van der Waals surface area contributed by atoms with E-state index in [0.29, 0.717) is 5.41 Å². The van der Waals surface area contributed by atoms with Crippen molar-refractivity contribution in [2.75, 3.05) is 4.90 Å². The van der Waals surface area contributed by atoms with Crippen LogP contribution in [0.5, 0.6) is 0 Å². The summed E-state index contributed by atoms with van der Waals surface area (Å²) in [6.07, 6.45) is 10.7. The minimum Gasteiger partial charge on any atom is -0.310 e. The summed E-state index contributed by atoms with van der Waals surface area (Å²) in [4.78, 5) is 2.63. The van der Waals surface area contributed by atoms with Crippen molar-refractivity contribution in [2.45, 2.75) is 134 Å². The van der Waals surface area contributed by atoms with E-state index in [1.807, 2.05) is 0 Å². The molecule has 6 unspecified atom stereocenters. The molecule has 7 aliphatic rings. The Balaban J connectivity index is 1.02. The first-order chi connectivity index (χ1) is 30.1. The van der Waals surface area contributed by atoms with Crippen LogP contribution in [0.1, 0.15) is 140 Å². The van der Waals surface area contributed by atoms with Crippen LogP contribution in [-0.4, -0.2) is 0 Å². The van der Waals surface area contributed by atoms with Gasteiger partial charge in [0.1, 0.15) is 0 Å². The summed E-state index contributed by atoms with van der Waals surface area (Å²) in [7, 11) is 0. The average molecular weight is 824 g/mol. The molecule has 2 spiro atoms. The van der Waals surface area contributed by atoms with Gasteiger partial charge in [-0.1, -0.05) is 146 Å². The molecular weight excluding hydrogens is 759 g/mol. The van der Waals surface area contributed by atoms with Gasteiger partial charge < -0.3 is 4.90 Å². The van der Waals surface area contributed by atoms with Gasteiger partial charge in [0.05, 0.1) is 5.69 Å². The van der Waals surface area contributed by atoms with Crippen LogP contribution in [0.3, 0.4) is 0 Å². The fourth-order valence-corrected chi connectivity index (χ4v) is 16.1. The van der Waals surface area contributed by atoms with Gasteiger partial charge in [-0.25, -0.2) is 0 Å². The van der Waals surface area contributed by atoms with E-state index in [1.54, 1.807) is 11.1 Å². The van der Waals surface area contributed by atoms with E-state index < -0.39 is 0 Å². The van der Waals surface area contributed by atoms with Gasteiger partial charge in [-0.05, 0) is 200 Å². The molecule has 2 bridgehead atoms. The van der Waals surface area contributed by atoms with Crippen LogP contribution in [0.4, 0.5) is 17.1 Å². The maximum atomic E-state index is 2.72. The molecule has 0 heterocycles. The number of fused-ring (bicyclic) bond motifs is 10. The second-order valence-corrected chi connectivity index (χ2v) is 24.3. The highest BCUT2D eigenvalue weighted by Crippen LogP contribution is 2.89. The van der Waals surface area contributed by atoms with E-state index in [-0.39, 0.29) is 27.1 Å². The Morgan fingerprint density at radius 1 is 0.413 bits per heavy atom. The maximum Gasteiger partial charge on any atom is 0.0546 e. The minimum absolute atomic E-state index is 0.0954. The number of rotatable bonds is 5. The lowest BCUT2D eigenvalue weighted by Gasteiger charge is -2.76. The Morgan fingerprint density at radius 3 is 1.70 bits per heavy atom. The second kappa shape index (κ2) is 12.5. The van der Waals surface area contributed by atoms with Crippen LogP contribution in [-0.2, 0) is 27.1 Å². The molecule has 63 heavy (non-hydrogen) atoms. The van der Waals surface area contributed by atoms with Crippen molar-refractivity contribution < 1.29 is 0 Å². The molecule has 0 aliphatic heterocycles. The predicted octanol–water partition coefficient (Wildman–Crippen LogP) is 16.5. The molecule has 0 saturated heterocycles. The van der Waals surface area contributed by atoms with Gasteiger partial charge in [0.25, 0.3) is 0 Å². The largest absolute Gasteiger partial charge is 0.310 e. The Kier molecular flexibility index (Phi) is 7.63. The lowest BCUT2D eigenvalue weighted by molar-refractivity contribution is -0.231. The zero-order valence-corrected chi connectivity index (χ0v) is 39.0. The SMILES string of the molecule is CC1(C)CCC(C)(C)c2cc(-c3ccc(N(c4ccc5c(c4)C(C)(C)CCC5(C)C)c4cc5c(cc4-c4ccccc4)C4(c6ccccc6-5)C5CC6CC7CC4C75C6)cc3)ccc21. The molecule has 0 N–H and O–H groups in total. The monoisotopic (exact) mass is 824 g/mol. The molecule has 1 nitrogen and oxygen atoms in total. The van der Waals surface area contributed by atoms with Crippen LogP contribution >= 0.6 is 0 Å². The predicted molar refractivity (Wildman–Crippen MR) is 264 cm³/mol. The van der Waals surface area contributed by atoms with Crippen LogP contribution in [0.15, 0.2) is 127 Å². The van der Waals surface area contributed by atoms with Crippen molar-refractivity contribution in [1.82, 2.24) is 0 Å². The Hall–Kier alpha value is -4.88. The third-order valence-corrected chi connectivity index (χ3v) is 19.5. The minimum atomic E-state index is 0.0954. The molecule has 6 aromatic rings. The first-order valence-corrected chi connectivity index (χ1v) is 24.7. The standard InChI is InChI=1S/C62H65N/c1-57(2)26-28-59(5,6)52-32-41(20-24-49(52)57)39-18-21-43(22-19-39)63(44-23-25-50-53(34-44)60(7,8)29-27-58(50,3)4)54-36-47-45-16-12-13-17-48(45)62(51(47)35-46(54)40-14-10-9-11-15-40)55-31-38-30-42-33-56(62)61(42,55)37-38/h9-25,32,34-36,38,42,55-56H,26-31,33,37H2,1-8H3. The van der Waals surface area contributed by atoms with E-state index in [4.69, 9.17) is 0 Å². The quantitative estimate of drug-likeness (QED) is 0.167. The maximum absolute atomic E-state index is 2.72. The molecule has 4 fully saturated rings. The van der Waals surface area contributed by atoms with E-state index in [0.717, 1.165) is 23.7 Å². The van der Waals surface area contributed by atoms with Gasteiger partial charge in [-0.15, -0.1) is 0 Å². The van der Waals surface area contributed by atoms with Crippen LogP contribution < -0.4 is 4.90 Å². The smallest absolute Gasteiger partial charge is 0.0546 e. The lowest BCUT2D eigenvalue weighted by Crippen LogP contribution is -2.73. The van der Waals surface area contributed by atoms with Crippen LogP contribution in [0.25, 0.3) is 33.4 Å². The van der Waals surface area contributed by atoms with E-state index >= 15 is 0 Å². The fourth-order valence-electron chi connectivity index (χ4n) is 16.1. The molecule has 6 atom stereocenters. The first kappa shape index (κ1) is 38.6. The molecular formula is C62H65N. The summed E-state index contributed by atoms with van der Waals surface area (Å²) in [6.45, 7) is 19.6. The van der Waals surface area contributed by atoms with Gasteiger partial charge in [-0.2, -0.15) is 0 Å². The van der Waals surface area contributed by atoms with Gasteiger partial charge in [0, 0.05) is 22.4 Å². The van der Waals surface area contributed by atoms with Gasteiger partial charge >= 0.3 is 0 Å². The second-order valence-electron chi connectivity index (χ2n) is 24.3. The highest BCUT2D eigenvalue weighted by Gasteiger charge is 2.84. The van der Waals surface area contributed by atoms with Crippen molar-refractivity contribution in [3.63, 3.8) is 0 Å². The zero-order chi connectivity index (χ0) is 43.1. The molecule has 318 valence electrons. The van der Waals surface area contributed by atoms with Crippen molar-refractivity contribution in [3.05, 3.63) is 161 Å². The summed E-state index contributed by atoms with van der Waals surface area (Å²) < 4.78 is 0. The summed E-state index contributed by atoms with van der Waals surface area (Å²) in [5.74, 6) is 3.46. The summed E-state index contributed by atoms with van der Waals surface area (Å²) in [6, 6.07) is 50.9. The fraction of sp³-hybridized carbons (Fsp3) is 0.419. The van der Waals surface area contributed by atoms with E-state index in [9.17, 15) is 0 Å². The van der Waals surface area contributed by atoms with E-state index in [1.165, 1.54) is 124 Å². The van der Waals surface area contributed by atoms with Crippen LogP contribution in [0.2, 0.25) is 0 Å². The summed E-state index contributed by atoms with van der Waals surface area (Å²) >= 11 is 0. The first-order valence-electron chi connectivity index (χ1n) is 24.7. The van der Waals surface area contributed by atoms with Crippen molar-refractivity contribution in [2.24, 2.45) is 29.1 Å². The van der Waals surface area contributed by atoms with Crippen molar-refractivity contribution in [3.8, 4) is 33.4 Å². The molecule has 13 rings (SSSR count). The molecule has 4 saturated carbocycles. The Bertz CT molecular complexity index is 2890. The Morgan fingerprint density at radius 2 is 1.00 bits per heavy atom. The van der Waals surface area contributed by atoms with Gasteiger partial charge in [-0.3, -0.25) is 0 Å². The highest BCUT2D eigenvalue weighted by atomic mass is 15.1. The molecule has 0 radical (unpaired) electrons. The number of hydrogen-bond donors (Lipinski definition) is 0. The lowest BCUT2D eigenvalue weighted by atomic mass is 9.27. The third-order valence-electron chi connectivity index (χ3n) is 19.5. The normalized spacial score (nSPS) is 29.7. The molecule has 0 aromatic heterocycles. The van der Waals surface area contributed by atoms with E-state index in [2.05, 4.69) is 188 Å². The molecule has 0 amide bonds. The number of nitrogens with zero attached hydrogens (tertiary/aromatic N) is 1. The highest BCUT2D eigenvalue weighted by molar-refractivity contribution is 5.96. The molecule has 1 heteroatoms. The number of hydrogen-bond acceptors (Lipinski definition) is 1. The molecule has 6 aromatic carbocycles. The summed E-state index contributed by atoms with van der Waals surface area (Å²) in [5, 5.41) is 0. The third kappa shape index (κ3) is 4.96. The molecule has 7 aliphatic carbocycles. The van der Waals surface area contributed by atoms with Gasteiger partial charge in [0.15, 0.2) is 0 Å². The van der Waals surface area contributed by atoms with Crippen LogP contribution in [0, 0.1) is 29.1 Å². The Labute approximate surface area is 377 Å². The number of benzene rings is 6. The number of anilines is 3. The average Bonchev–Trinajstić information content (AvgIpc) is 3.91. The van der Waals surface area contributed by atoms with Gasteiger partial charge in [0.2, 0.25) is 0 Å². The zero-order valence-electron chi connectivity index (χ0n) is 39.0. The topological polar surface area (TPSA) is 3.24 Å². The van der Waals surface area contributed by atoms with Crippen molar-refractivity contribution in [1.29, 1.82) is 0 Å². The van der Waals surface area contributed by atoms with Crippen molar-refractivity contribution >= 4 is 17.1 Å².